The van der Waals surface area contributed by atoms with Crippen molar-refractivity contribution in [3.63, 3.8) is 0 Å². The third kappa shape index (κ3) is 4.71. The summed E-state index contributed by atoms with van der Waals surface area (Å²) in [5.74, 6) is 0.559. The van der Waals surface area contributed by atoms with E-state index in [-0.39, 0.29) is 17.0 Å². The Morgan fingerprint density at radius 1 is 1.32 bits per heavy atom. The van der Waals surface area contributed by atoms with Gasteiger partial charge in [0.15, 0.2) is 5.96 Å². The monoisotopic (exact) mass is 412 g/mol. The molecule has 0 bridgehead atoms. The smallest absolute Gasteiger partial charge is 0.191 e. The van der Waals surface area contributed by atoms with Gasteiger partial charge in [0, 0.05) is 30.9 Å². The average Bonchev–Trinajstić information content (AvgIpc) is 3.11. The Labute approximate surface area is 170 Å². The summed E-state index contributed by atoms with van der Waals surface area (Å²) in [7, 11) is 0. The molecule has 0 spiro atoms. The first-order chi connectivity index (χ1) is 13.5. The van der Waals surface area contributed by atoms with E-state index in [9.17, 15) is 13.9 Å². The number of rotatable bonds is 7. The highest BCUT2D eigenvalue weighted by molar-refractivity contribution is 8.00. The van der Waals surface area contributed by atoms with E-state index in [0.29, 0.717) is 32.1 Å². The van der Waals surface area contributed by atoms with Crippen molar-refractivity contribution in [3.05, 3.63) is 29.8 Å². The van der Waals surface area contributed by atoms with Crippen LogP contribution in [-0.4, -0.2) is 59.9 Å². The molecule has 3 atom stereocenters. The molecule has 5 nitrogen and oxygen atoms in total. The van der Waals surface area contributed by atoms with Gasteiger partial charge < -0.3 is 20.6 Å². The lowest BCUT2D eigenvalue weighted by atomic mass is 9.79. The fourth-order valence-electron chi connectivity index (χ4n) is 3.82. The van der Waals surface area contributed by atoms with Gasteiger partial charge in [-0.25, -0.2) is 8.78 Å². The topological polar surface area (TPSA) is 59.9 Å². The molecule has 8 heteroatoms. The van der Waals surface area contributed by atoms with Crippen molar-refractivity contribution < 1.29 is 13.9 Å². The number of aliphatic imine (C=N–C) groups is 1. The number of nitrogens with one attached hydrogen (secondary N) is 2. The number of hydrogen-bond acceptors (Lipinski definition) is 4. The minimum atomic E-state index is -0.735. The van der Waals surface area contributed by atoms with Crippen LogP contribution in [0.5, 0.6) is 0 Å². The molecule has 2 fully saturated rings. The van der Waals surface area contributed by atoms with E-state index in [1.54, 1.807) is 16.7 Å². The molecule has 3 rings (SSSR count). The van der Waals surface area contributed by atoms with Crippen LogP contribution in [-0.2, 0) is 0 Å². The number of benzene rings is 1. The Bertz CT molecular complexity index is 685. The van der Waals surface area contributed by atoms with Gasteiger partial charge in [-0.15, -0.1) is 0 Å². The van der Waals surface area contributed by atoms with Gasteiger partial charge in [-0.1, -0.05) is 13.0 Å². The van der Waals surface area contributed by atoms with Gasteiger partial charge in [-0.2, -0.15) is 11.8 Å². The molecule has 1 saturated heterocycles. The van der Waals surface area contributed by atoms with E-state index in [4.69, 9.17) is 0 Å². The summed E-state index contributed by atoms with van der Waals surface area (Å²) < 4.78 is 28.1. The van der Waals surface area contributed by atoms with E-state index in [1.165, 1.54) is 18.2 Å². The Morgan fingerprint density at radius 2 is 2.07 bits per heavy atom. The van der Waals surface area contributed by atoms with E-state index in [1.807, 2.05) is 6.92 Å². The highest BCUT2D eigenvalue weighted by atomic mass is 32.2. The summed E-state index contributed by atoms with van der Waals surface area (Å²) >= 11 is 1.79. The maximum absolute atomic E-state index is 14.0. The highest BCUT2D eigenvalue weighted by Gasteiger charge is 2.45. The van der Waals surface area contributed by atoms with Crippen LogP contribution in [0.25, 0.3) is 0 Å². The molecule has 3 unspecified atom stereocenters. The Balaban J connectivity index is 1.60. The summed E-state index contributed by atoms with van der Waals surface area (Å²) in [6, 6.07) is 3.99. The van der Waals surface area contributed by atoms with Crippen LogP contribution in [0.2, 0.25) is 0 Å². The van der Waals surface area contributed by atoms with E-state index < -0.39 is 17.2 Å². The summed E-state index contributed by atoms with van der Waals surface area (Å²) in [6.07, 6.45) is 2.56. The van der Waals surface area contributed by atoms with Crippen LogP contribution >= 0.6 is 11.8 Å². The van der Waals surface area contributed by atoms with Crippen LogP contribution in [0.3, 0.4) is 0 Å². The summed E-state index contributed by atoms with van der Waals surface area (Å²) in [6.45, 7) is 6.23. The molecular formula is C20H30F2N4OS. The highest BCUT2D eigenvalue weighted by Crippen LogP contribution is 2.41. The summed E-state index contributed by atoms with van der Waals surface area (Å²) in [5.41, 5.74) is -0.696. The van der Waals surface area contributed by atoms with Gasteiger partial charge in [-0.3, -0.25) is 4.99 Å². The first kappa shape index (κ1) is 21.2. The molecule has 156 valence electrons. The van der Waals surface area contributed by atoms with Crippen LogP contribution in [0.1, 0.15) is 33.1 Å². The second kappa shape index (κ2) is 9.31. The molecule has 0 radical (unpaired) electrons. The van der Waals surface area contributed by atoms with Crippen molar-refractivity contribution >= 4 is 23.4 Å². The molecule has 1 aromatic carbocycles. The van der Waals surface area contributed by atoms with Crippen LogP contribution in [0.4, 0.5) is 14.5 Å². The number of hydrogen-bond donors (Lipinski definition) is 3. The van der Waals surface area contributed by atoms with Crippen molar-refractivity contribution in [3.8, 4) is 0 Å². The van der Waals surface area contributed by atoms with Gasteiger partial charge >= 0.3 is 0 Å². The SMILES string of the molecule is CCNC(=NCC1(O)CCC1SCC)NC1CCN(c2c(F)cccc2F)C1. The lowest BCUT2D eigenvalue weighted by molar-refractivity contribution is -0.0154. The van der Waals surface area contributed by atoms with Crippen molar-refractivity contribution in [1.82, 2.24) is 10.6 Å². The number of nitrogens with zero attached hydrogens (tertiary/aromatic N) is 2. The third-order valence-corrected chi connectivity index (χ3v) is 6.85. The Kier molecular flexibility index (Phi) is 7.04. The first-order valence-corrected chi connectivity index (χ1v) is 11.1. The van der Waals surface area contributed by atoms with Crippen molar-refractivity contribution in [2.24, 2.45) is 4.99 Å². The summed E-state index contributed by atoms with van der Waals surface area (Å²) in [5, 5.41) is 17.6. The van der Waals surface area contributed by atoms with Gasteiger partial charge in [0.2, 0.25) is 0 Å². The van der Waals surface area contributed by atoms with E-state index in [0.717, 1.165) is 25.0 Å². The normalized spacial score (nSPS) is 27.6. The average molecular weight is 413 g/mol. The minimum absolute atomic E-state index is 0.0358. The zero-order chi connectivity index (χ0) is 20.1. The van der Waals surface area contributed by atoms with Gasteiger partial charge in [0.05, 0.1) is 12.1 Å². The maximum Gasteiger partial charge on any atom is 0.191 e. The van der Waals surface area contributed by atoms with E-state index in [2.05, 4.69) is 22.5 Å². The molecule has 28 heavy (non-hydrogen) atoms. The molecule has 2 aliphatic rings. The number of aliphatic hydroxyl groups is 1. The van der Waals surface area contributed by atoms with E-state index >= 15 is 0 Å². The number of halogens is 2. The predicted molar refractivity (Wildman–Crippen MR) is 112 cm³/mol. The third-order valence-electron chi connectivity index (χ3n) is 5.44. The molecule has 1 aliphatic carbocycles. The Hall–Kier alpha value is -1.54. The fraction of sp³-hybridized carbons (Fsp3) is 0.650. The minimum Gasteiger partial charge on any atom is -0.387 e. The molecule has 0 amide bonds. The molecule has 1 aliphatic heterocycles. The van der Waals surface area contributed by atoms with Gasteiger partial charge in [-0.05, 0) is 44.1 Å². The number of para-hydroxylation sites is 1. The fourth-order valence-corrected chi connectivity index (χ4v) is 5.01. The second-order valence-corrected chi connectivity index (χ2v) is 8.91. The number of thioether (sulfide) groups is 1. The zero-order valence-corrected chi connectivity index (χ0v) is 17.4. The first-order valence-electron chi connectivity index (χ1n) is 10.0. The Morgan fingerprint density at radius 3 is 2.68 bits per heavy atom. The predicted octanol–water partition coefficient (Wildman–Crippen LogP) is 2.75. The summed E-state index contributed by atoms with van der Waals surface area (Å²) in [4.78, 5) is 6.34. The quantitative estimate of drug-likeness (QED) is 0.475. The zero-order valence-electron chi connectivity index (χ0n) is 16.5. The largest absolute Gasteiger partial charge is 0.387 e. The van der Waals surface area contributed by atoms with Crippen LogP contribution in [0.15, 0.2) is 23.2 Å². The maximum atomic E-state index is 14.0. The van der Waals surface area contributed by atoms with Crippen molar-refractivity contribution in [2.45, 2.75) is 50.0 Å². The standard InChI is InChI=1S/C20H30F2N4OS/c1-3-23-19(24-13-20(27)10-8-17(20)28-4-2)25-14-9-11-26(12-14)18-15(21)6-5-7-16(18)22/h5-7,14,17,27H,3-4,8-13H2,1-2H3,(H2,23,24,25). The van der Waals surface area contributed by atoms with Crippen molar-refractivity contribution in [2.75, 3.05) is 36.8 Å². The molecule has 3 N–H and O–H groups in total. The molecule has 1 heterocycles. The van der Waals surface area contributed by atoms with Gasteiger partial charge in [0.1, 0.15) is 17.3 Å². The lowest BCUT2D eigenvalue weighted by Crippen LogP contribution is -2.53. The lowest BCUT2D eigenvalue weighted by Gasteiger charge is -2.44. The molecule has 1 aromatic rings. The second-order valence-electron chi connectivity index (χ2n) is 7.43. The molecule has 1 saturated carbocycles. The van der Waals surface area contributed by atoms with Crippen LogP contribution in [0, 0.1) is 11.6 Å². The van der Waals surface area contributed by atoms with Crippen molar-refractivity contribution in [1.29, 1.82) is 0 Å². The van der Waals surface area contributed by atoms with Crippen LogP contribution < -0.4 is 15.5 Å². The molecular weight excluding hydrogens is 382 g/mol. The number of guanidine groups is 1. The molecule has 0 aromatic heterocycles. The number of anilines is 1. The van der Waals surface area contributed by atoms with Gasteiger partial charge in [0.25, 0.3) is 0 Å².